The number of H-pyrrole nitrogens is 1. The minimum Gasteiger partial charge on any atom is -0.388 e. The normalized spacial score (nSPS) is 29.0. The Labute approximate surface area is 144 Å². The monoisotopic (exact) mass is 389 g/mol. The van der Waals surface area contributed by atoms with Crippen molar-refractivity contribution in [1.82, 2.24) is 9.55 Å². The Morgan fingerprint density at radius 3 is 2.84 bits per heavy atom. The second-order valence-corrected chi connectivity index (χ2v) is 7.60. The van der Waals surface area contributed by atoms with E-state index in [0.717, 1.165) is 16.8 Å². The van der Waals surface area contributed by atoms with Gasteiger partial charge in [0, 0.05) is 17.2 Å². The molecule has 4 atom stereocenters. The summed E-state index contributed by atoms with van der Waals surface area (Å²) in [5.74, 6) is 2.10. The van der Waals surface area contributed by atoms with E-state index in [1.54, 1.807) is 0 Å². The van der Waals surface area contributed by atoms with Crippen LogP contribution in [0.25, 0.3) is 10.4 Å². The molecule has 0 bridgehead atoms. The maximum absolute atomic E-state index is 12.0. The van der Waals surface area contributed by atoms with Gasteiger partial charge < -0.3 is 24.2 Å². The van der Waals surface area contributed by atoms with Crippen molar-refractivity contribution in [3.63, 3.8) is 0 Å². The third kappa shape index (κ3) is 3.82. The van der Waals surface area contributed by atoms with Crippen molar-refractivity contribution in [3.05, 3.63) is 43.5 Å². The quantitative estimate of drug-likeness (QED) is 0.157. The molecule has 2 heterocycles. The second kappa shape index (κ2) is 7.09. The molecule has 0 unspecified atom stereocenters. The highest BCUT2D eigenvalue weighted by Crippen LogP contribution is 2.43. The molecule has 1 aromatic rings. The third-order valence-electron chi connectivity index (χ3n) is 3.44. The highest BCUT2D eigenvalue weighted by molar-refractivity contribution is 8.06. The number of azide groups is 1. The van der Waals surface area contributed by atoms with Crippen LogP contribution in [0, 0.1) is 12.3 Å². The predicted octanol–water partition coefficient (Wildman–Crippen LogP) is -1.30. The van der Waals surface area contributed by atoms with Crippen molar-refractivity contribution in [3.8, 4) is 12.3 Å². The van der Waals surface area contributed by atoms with Gasteiger partial charge in [-0.3, -0.25) is 14.3 Å². The molecule has 1 fully saturated rings. The first-order valence-corrected chi connectivity index (χ1v) is 9.16. The number of aromatic amines is 1. The minimum atomic E-state index is -4.05. The van der Waals surface area contributed by atoms with Crippen LogP contribution in [-0.2, 0) is 21.1 Å². The van der Waals surface area contributed by atoms with E-state index in [-0.39, 0.29) is 0 Å². The third-order valence-corrected chi connectivity index (χ3v) is 4.24. The molecule has 2 rings (SSSR count). The molecule has 134 valence electrons. The van der Waals surface area contributed by atoms with Gasteiger partial charge in [0.05, 0.1) is 6.61 Å². The molecule has 12 nitrogen and oxygen atoms in total. The zero-order valence-electron chi connectivity index (χ0n) is 12.3. The lowest BCUT2D eigenvalue weighted by Crippen LogP contribution is -2.46. The molecular weight excluding hydrogens is 377 g/mol. The van der Waals surface area contributed by atoms with Crippen molar-refractivity contribution in [1.29, 1.82) is 0 Å². The minimum absolute atomic E-state index is 0.593. The summed E-state index contributed by atoms with van der Waals surface area (Å²) < 4.78 is 10.9. The lowest BCUT2D eigenvalue weighted by molar-refractivity contribution is -0.0446. The summed E-state index contributed by atoms with van der Waals surface area (Å²) >= 11 is 4.30. The predicted molar refractivity (Wildman–Crippen MR) is 86.6 cm³/mol. The first-order chi connectivity index (χ1) is 11.6. The van der Waals surface area contributed by atoms with Gasteiger partial charge >= 0.3 is 12.4 Å². The number of aliphatic hydroxyl groups is 1. The highest BCUT2D eigenvalue weighted by atomic mass is 32.5. The number of terminal acetylenes is 1. The molecule has 0 saturated carbocycles. The van der Waals surface area contributed by atoms with Gasteiger partial charge in [-0.25, -0.2) is 4.79 Å². The number of aliphatic hydroxyl groups excluding tert-OH is 1. The highest BCUT2D eigenvalue weighted by Gasteiger charge is 2.57. The van der Waals surface area contributed by atoms with Gasteiger partial charge in [0.1, 0.15) is 12.2 Å². The van der Waals surface area contributed by atoms with Crippen LogP contribution in [0.2, 0.25) is 0 Å². The van der Waals surface area contributed by atoms with Crippen molar-refractivity contribution in [2.45, 2.75) is 24.0 Å². The Hall–Kier alpha value is -2.00. The van der Waals surface area contributed by atoms with Gasteiger partial charge in [0.2, 0.25) is 0 Å². The number of ether oxygens (including phenoxy) is 1. The van der Waals surface area contributed by atoms with Crippen LogP contribution in [0.1, 0.15) is 6.23 Å². The fourth-order valence-corrected chi connectivity index (χ4v) is 2.86. The number of aromatic nitrogens is 2. The van der Waals surface area contributed by atoms with E-state index in [1.807, 2.05) is 4.98 Å². The molecule has 1 aliphatic rings. The summed E-state index contributed by atoms with van der Waals surface area (Å²) in [4.78, 5) is 46.0. The summed E-state index contributed by atoms with van der Waals surface area (Å²) in [5, 5.41) is 13.8. The van der Waals surface area contributed by atoms with Gasteiger partial charge in [-0.05, 0) is 17.3 Å². The van der Waals surface area contributed by atoms with Gasteiger partial charge in [0.25, 0.3) is 5.56 Å². The van der Waals surface area contributed by atoms with Crippen LogP contribution in [0.4, 0.5) is 0 Å². The summed E-state index contributed by atoms with van der Waals surface area (Å²) in [6.45, 7) is -4.64. The molecule has 0 amide bonds. The summed E-state index contributed by atoms with van der Waals surface area (Å²) in [5.41, 5.74) is 5.13. The van der Waals surface area contributed by atoms with Gasteiger partial charge in [0.15, 0.2) is 11.8 Å². The maximum Gasteiger partial charge on any atom is 0.330 e. The first-order valence-electron chi connectivity index (χ1n) is 6.53. The molecule has 0 spiro atoms. The van der Waals surface area contributed by atoms with Crippen LogP contribution in [0.15, 0.2) is 27.0 Å². The number of hydrogen-bond donors (Lipinski definition) is 4. The van der Waals surface area contributed by atoms with Gasteiger partial charge in [-0.15, -0.1) is 6.42 Å². The SMILES string of the molecule is C#C[C@@]1(N=[N+]=[N-])[C@H](O)[C@@H](COP(O)(O)=S)O[C@H]1n1ccc(=O)[nH]c1=O. The number of rotatable bonds is 5. The fourth-order valence-electron chi connectivity index (χ4n) is 2.33. The van der Waals surface area contributed by atoms with Gasteiger partial charge in [-0.2, -0.15) is 0 Å². The molecule has 1 aromatic heterocycles. The Morgan fingerprint density at radius 1 is 1.64 bits per heavy atom. The maximum atomic E-state index is 12.0. The van der Waals surface area contributed by atoms with E-state index in [2.05, 4.69) is 32.3 Å². The van der Waals surface area contributed by atoms with E-state index < -0.39 is 48.5 Å². The molecule has 0 aliphatic carbocycles. The number of nitrogens with one attached hydrogen (secondary N) is 1. The molecule has 14 heteroatoms. The first kappa shape index (κ1) is 19.3. The average molecular weight is 389 g/mol. The number of hydrogen-bond acceptors (Lipinski definition) is 7. The van der Waals surface area contributed by atoms with Gasteiger partial charge in [-0.1, -0.05) is 11.0 Å². The second-order valence-electron chi connectivity index (χ2n) is 4.93. The lowest BCUT2D eigenvalue weighted by atomic mass is 9.92. The van der Waals surface area contributed by atoms with Crippen LogP contribution in [-0.4, -0.2) is 48.8 Å². The van der Waals surface area contributed by atoms with Crippen LogP contribution in [0.3, 0.4) is 0 Å². The van der Waals surface area contributed by atoms with E-state index in [9.17, 15) is 14.7 Å². The van der Waals surface area contributed by atoms with Crippen molar-refractivity contribution < 1.29 is 24.2 Å². The largest absolute Gasteiger partial charge is 0.388 e. The molecule has 25 heavy (non-hydrogen) atoms. The van der Waals surface area contributed by atoms with Crippen molar-refractivity contribution in [2.24, 2.45) is 5.11 Å². The molecule has 0 radical (unpaired) electrons. The standard InChI is InChI=1S/C11H12N5O7PS/c1-2-11(14-15-12)8(18)6(5-22-24(20,21)25)23-9(11)16-4-3-7(17)13-10(16)19/h1,3-4,6,8-9,18H,5H2,(H,13,17,19)(H2,20,21,25)/t6-,8-,9-,11-/m1/s1. The summed E-state index contributed by atoms with van der Waals surface area (Å²) in [6.07, 6.45) is 1.99. The molecule has 4 N–H and O–H groups in total. The average Bonchev–Trinajstić information content (AvgIpc) is 2.78. The van der Waals surface area contributed by atoms with E-state index >= 15 is 0 Å². The fraction of sp³-hybridized carbons (Fsp3) is 0.455. The molecular formula is C11H12N5O7PS. The molecule has 1 aliphatic heterocycles. The van der Waals surface area contributed by atoms with Crippen LogP contribution >= 0.6 is 6.72 Å². The zero-order chi connectivity index (χ0) is 18.8. The van der Waals surface area contributed by atoms with E-state index in [1.165, 1.54) is 0 Å². The Bertz CT molecular complexity index is 912. The topological polar surface area (TPSA) is 183 Å². The van der Waals surface area contributed by atoms with E-state index in [4.69, 9.17) is 26.5 Å². The zero-order valence-corrected chi connectivity index (χ0v) is 14.0. The van der Waals surface area contributed by atoms with Crippen LogP contribution < -0.4 is 11.2 Å². The Kier molecular flexibility index (Phi) is 5.48. The van der Waals surface area contributed by atoms with Crippen molar-refractivity contribution in [2.75, 3.05) is 6.61 Å². The van der Waals surface area contributed by atoms with E-state index in [0.29, 0.717) is 0 Å². The van der Waals surface area contributed by atoms with Crippen LogP contribution in [0.5, 0.6) is 0 Å². The molecule has 0 aromatic carbocycles. The molecule has 1 saturated heterocycles. The Balaban J connectivity index is 2.50. The lowest BCUT2D eigenvalue weighted by Gasteiger charge is -2.26. The Morgan fingerprint density at radius 2 is 2.32 bits per heavy atom. The smallest absolute Gasteiger partial charge is 0.330 e. The summed E-state index contributed by atoms with van der Waals surface area (Å²) in [6, 6.07) is 1.000. The van der Waals surface area contributed by atoms with Crippen molar-refractivity contribution >= 4 is 18.5 Å². The number of nitrogens with zero attached hydrogens (tertiary/aromatic N) is 4. The summed E-state index contributed by atoms with van der Waals surface area (Å²) in [7, 11) is 0.